The highest BCUT2D eigenvalue weighted by atomic mass is 16.6. The van der Waals surface area contributed by atoms with Crippen LogP contribution < -0.4 is 15.0 Å². The SMILES string of the molecule is COc1ncccc1Nc1cc(N(C)C(=O)OC(C)(C)C)n2ncc(C(=O)Cc3cnn(C)n3)c2n1. The van der Waals surface area contributed by atoms with Gasteiger partial charge in [0.1, 0.15) is 22.9 Å². The average molecular weight is 494 g/mol. The van der Waals surface area contributed by atoms with E-state index in [-0.39, 0.29) is 23.4 Å². The van der Waals surface area contributed by atoms with Crippen LogP contribution in [0.15, 0.2) is 36.8 Å². The minimum atomic E-state index is -0.705. The molecule has 4 rings (SSSR count). The number of carbonyl (C=O) groups excluding carboxylic acids is 2. The molecule has 0 fully saturated rings. The van der Waals surface area contributed by atoms with Crippen LogP contribution in [-0.4, -0.2) is 66.2 Å². The van der Waals surface area contributed by atoms with Gasteiger partial charge in [0.2, 0.25) is 5.88 Å². The average Bonchev–Trinajstić information content (AvgIpc) is 3.43. The lowest BCUT2D eigenvalue weighted by atomic mass is 10.1. The Hall–Kier alpha value is -4.55. The monoisotopic (exact) mass is 493 g/mol. The van der Waals surface area contributed by atoms with Crippen molar-refractivity contribution in [2.24, 2.45) is 7.05 Å². The molecule has 0 bridgehead atoms. The summed E-state index contributed by atoms with van der Waals surface area (Å²) in [7, 11) is 4.74. The Labute approximate surface area is 207 Å². The molecule has 0 spiro atoms. The van der Waals surface area contributed by atoms with E-state index in [1.807, 2.05) is 0 Å². The number of carbonyl (C=O) groups is 2. The fourth-order valence-electron chi connectivity index (χ4n) is 3.39. The van der Waals surface area contributed by atoms with Crippen LogP contribution >= 0.6 is 0 Å². The molecule has 0 aliphatic heterocycles. The highest BCUT2D eigenvalue weighted by molar-refractivity contribution is 6.03. The highest BCUT2D eigenvalue weighted by Crippen LogP contribution is 2.28. The summed E-state index contributed by atoms with van der Waals surface area (Å²) in [6.45, 7) is 5.33. The van der Waals surface area contributed by atoms with E-state index in [1.165, 1.54) is 33.7 Å². The Morgan fingerprint density at radius 3 is 2.64 bits per heavy atom. The third-order valence-electron chi connectivity index (χ3n) is 4.98. The van der Waals surface area contributed by atoms with Gasteiger partial charge in [0.25, 0.3) is 0 Å². The highest BCUT2D eigenvalue weighted by Gasteiger charge is 2.25. The van der Waals surface area contributed by atoms with Crippen LogP contribution in [0.3, 0.4) is 0 Å². The molecule has 0 unspecified atom stereocenters. The van der Waals surface area contributed by atoms with Gasteiger partial charge in [-0.3, -0.25) is 9.69 Å². The van der Waals surface area contributed by atoms with Crippen molar-refractivity contribution >= 4 is 34.8 Å². The second-order valence-electron chi connectivity index (χ2n) is 8.94. The zero-order valence-electron chi connectivity index (χ0n) is 20.9. The number of nitrogens with one attached hydrogen (secondary N) is 1. The molecule has 13 nitrogen and oxygen atoms in total. The van der Waals surface area contributed by atoms with Gasteiger partial charge >= 0.3 is 6.09 Å². The predicted octanol–water partition coefficient (Wildman–Crippen LogP) is 2.80. The minimum Gasteiger partial charge on any atom is -0.480 e. The number of pyridine rings is 1. The molecule has 0 radical (unpaired) electrons. The maximum absolute atomic E-state index is 13.1. The molecule has 188 valence electrons. The summed E-state index contributed by atoms with van der Waals surface area (Å²) in [5, 5.41) is 15.7. The van der Waals surface area contributed by atoms with E-state index in [1.54, 1.807) is 59.3 Å². The lowest BCUT2D eigenvalue weighted by Crippen LogP contribution is -2.35. The number of Topliss-reactive ketones (excluding diaryl/α,β-unsaturated/α-hetero) is 1. The Morgan fingerprint density at radius 2 is 1.97 bits per heavy atom. The molecule has 4 heterocycles. The number of hydrogen-bond donors (Lipinski definition) is 1. The lowest BCUT2D eigenvalue weighted by Gasteiger charge is -2.25. The van der Waals surface area contributed by atoms with Crippen molar-refractivity contribution in [1.29, 1.82) is 0 Å². The van der Waals surface area contributed by atoms with Crippen molar-refractivity contribution < 1.29 is 19.1 Å². The molecular formula is C23H27N9O4. The van der Waals surface area contributed by atoms with Crippen molar-refractivity contribution in [3.8, 4) is 5.88 Å². The van der Waals surface area contributed by atoms with Gasteiger partial charge in [-0.15, -0.1) is 0 Å². The molecule has 0 aromatic carbocycles. The molecule has 0 aliphatic carbocycles. The van der Waals surface area contributed by atoms with Gasteiger partial charge in [-0.05, 0) is 32.9 Å². The summed E-state index contributed by atoms with van der Waals surface area (Å²) in [6, 6.07) is 5.13. The van der Waals surface area contributed by atoms with Gasteiger partial charge in [0, 0.05) is 26.4 Å². The maximum atomic E-state index is 13.1. The van der Waals surface area contributed by atoms with Crippen molar-refractivity contribution in [2.75, 3.05) is 24.4 Å². The summed E-state index contributed by atoms with van der Waals surface area (Å²) in [6.07, 6.45) is 3.97. The summed E-state index contributed by atoms with van der Waals surface area (Å²) in [5.74, 6) is 0.778. The number of amides is 1. The Balaban J connectivity index is 1.79. The molecule has 1 amide bonds. The van der Waals surface area contributed by atoms with Crippen LogP contribution in [0, 0.1) is 0 Å². The van der Waals surface area contributed by atoms with Crippen LogP contribution in [0.5, 0.6) is 5.88 Å². The Kier molecular flexibility index (Phi) is 6.55. The molecule has 4 aromatic heterocycles. The Morgan fingerprint density at radius 1 is 1.19 bits per heavy atom. The number of aromatic nitrogens is 7. The normalized spacial score (nSPS) is 11.4. The van der Waals surface area contributed by atoms with Crippen molar-refractivity contribution in [3.05, 3.63) is 48.0 Å². The van der Waals surface area contributed by atoms with Crippen LogP contribution in [0.2, 0.25) is 0 Å². The standard InChI is InChI=1S/C23H27N9O4/c1-23(2,3)36-22(34)30(4)19-11-18(27-16-8-7-9-24-21(16)35-6)28-20-15(13-26-32(19)20)17(33)10-14-12-25-31(5)29-14/h7-9,11-13H,10H2,1-6H3,(H,27,28). The summed E-state index contributed by atoms with van der Waals surface area (Å²) >= 11 is 0. The van der Waals surface area contributed by atoms with E-state index in [2.05, 4.69) is 30.6 Å². The molecule has 1 N–H and O–H groups in total. The van der Waals surface area contributed by atoms with E-state index >= 15 is 0 Å². The maximum Gasteiger partial charge on any atom is 0.415 e. The smallest absolute Gasteiger partial charge is 0.415 e. The first-order valence-electron chi connectivity index (χ1n) is 11.1. The van der Waals surface area contributed by atoms with Crippen LogP contribution in [0.25, 0.3) is 5.65 Å². The van der Waals surface area contributed by atoms with Crippen molar-refractivity contribution in [3.63, 3.8) is 0 Å². The third kappa shape index (κ3) is 5.24. The fourth-order valence-corrected chi connectivity index (χ4v) is 3.39. The molecule has 36 heavy (non-hydrogen) atoms. The van der Waals surface area contributed by atoms with E-state index in [0.29, 0.717) is 28.9 Å². The first-order chi connectivity index (χ1) is 17.1. The van der Waals surface area contributed by atoms with Crippen molar-refractivity contribution in [2.45, 2.75) is 32.8 Å². The second kappa shape index (κ2) is 9.60. The zero-order valence-corrected chi connectivity index (χ0v) is 20.9. The molecular weight excluding hydrogens is 466 g/mol. The number of methoxy groups -OCH3 is 1. The predicted molar refractivity (Wildman–Crippen MR) is 131 cm³/mol. The number of rotatable bonds is 7. The van der Waals surface area contributed by atoms with Crippen molar-refractivity contribution in [1.82, 2.24) is 34.6 Å². The van der Waals surface area contributed by atoms with E-state index in [9.17, 15) is 9.59 Å². The molecule has 13 heteroatoms. The van der Waals surface area contributed by atoms with Gasteiger partial charge < -0.3 is 14.8 Å². The molecule has 0 saturated carbocycles. The largest absolute Gasteiger partial charge is 0.480 e. The van der Waals surface area contributed by atoms with E-state index in [0.717, 1.165) is 0 Å². The van der Waals surface area contributed by atoms with Crippen LogP contribution in [0.1, 0.15) is 36.8 Å². The third-order valence-corrected chi connectivity index (χ3v) is 4.98. The number of fused-ring (bicyclic) bond motifs is 1. The number of ketones is 1. The Bertz CT molecular complexity index is 1420. The molecule has 4 aromatic rings. The van der Waals surface area contributed by atoms with Gasteiger partial charge in [0.15, 0.2) is 11.4 Å². The number of ether oxygens (including phenoxy) is 2. The van der Waals surface area contributed by atoms with Gasteiger partial charge in [-0.1, -0.05) is 0 Å². The minimum absolute atomic E-state index is 0.0161. The van der Waals surface area contributed by atoms with Gasteiger partial charge in [0.05, 0.1) is 37.2 Å². The molecule has 0 aliphatic rings. The number of hydrogen-bond acceptors (Lipinski definition) is 10. The summed E-state index contributed by atoms with van der Waals surface area (Å²) in [5.41, 5.74) is 0.879. The second-order valence-corrected chi connectivity index (χ2v) is 8.94. The summed E-state index contributed by atoms with van der Waals surface area (Å²) < 4.78 is 12.3. The quantitative estimate of drug-likeness (QED) is 0.382. The summed E-state index contributed by atoms with van der Waals surface area (Å²) in [4.78, 5) is 37.5. The van der Waals surface area contributed by atoms with Gasteiger partial charge in [-0.25, -0.2) is 14.8 Å². The zero-order chi connectivity index (χ0) is 26.0. The van der Waals surface area contributed by atoms with Crippen LogP contribution in [0.4, 0.5) is 22.1 Å². The first-order valence-corrected chi connectivity index (χ1v) is 11.1. The van der Waals surface area contributed by atoms with Crippen LogP contribution in [-0.2, 0) is 18.2 Å². The topological polar surface area (TPSA) is 142 Å². The van der Waals surface area contributed by atoms with Gasteiger partial charge in [-0.2, -0.15) is 24.6 Å². The molecule has 0 saturated heterocycles. The first kappa shape index (κ1) is 24.6. The fraction of sp³-hybridized carbons (Fsp3) is 0.348. The number of anilines is 3. The number of aryl methyl sites for hydroxylation is 1. The lowest BCUT2D eigenvalue weighted by molar-refractivity contribution is 0.0587. The number of nitrogens with zero attached hydrogens (tertiary/aromatic N) is 8. The van der Waals surface area contributed by atoms with E-state index < -0.39 is 11.7 Å². The van der Waals surface area contributed by atoms with E-state index in [4.69, 9.17) is 9.47 Å². The molecule has 0 atom stereocenters.